The summed E-state index contributed by atoms with van der Waals surface area (Å²) in [5, 5.41) is 6.68. The number of benzene rings is 1. The molecule has 2 aromatic rings. The number of nitrogens with zero attached hydrogens (tertiary/aromatic N) is 1. The van der Waals surface area contributed by atoms with Gasteiger partial charge in [-0.15, -0.1) is 0 Å². The maximum absolute atomic E-state index is 5.85. The number of nitrogens with one attached hydrogen (secondary N) is 1. The summed E-state index contributed by atoms with van der Waals surface area (Å²) in [6.07, 6.45) is 1.72. The van der Waals surface area contributed by atoms with Crippen LogP contribution in [0.5, 0.6) is 11.5 Å². The third kappa shape index (κ3) is 1.35. The molecule has 1 aromatic carbocycles. The summed E-state index contributed by atoms with van der Waals surface area (Å²) in [4.78, 5) is 0. The molecule has 5 nitrogen and oxygen atoms in total. The van der Waals surface area contributed by atoms with Gasteiger partial charge >= 0.3 is 0 Å². The van der Waals surface area contributed by atoms with Crippen molar-refractivity contribution in [3.05, 3.63) is 23.4 Å². The van der Waals surface area contributed by atoms with Crippen LogP contribution in [0.15, 0.2) is 12.3 Å². The number of ether oxygens (including phenoxy) is 2. The van der Waals surface area contributed by atoms with E-state index < -0.39 is 0 Å². The second kappa shape index (κ2) is 3.41. The Morgan fingerprint density at radius 2 is 2.06 bits per heavy atom. The van der Waals surface area contributed by atoms with Gasteiger partial charge in [0.25, 0.3) is 0 Å². The number of anilines is 1. The number of hydrogen-bond donors (Lipinski definition) is 2. The van der Waals surface area contributed by atoms with Crippen molar-refractivity contribution in [1.29, 1.82) is 0 Å². The van der Waals surface area contributed by atoms with Crippen LogP contribution < -0.4 is 15.2 Å². The normalized spacial score (nSPS) is 13.1. The summed E-state index contributed by atoms with van der Waals surface area (Å²) >= 11 is 0. The van der Waals surface area contributed by atoms with Crippen molar-refractivity contribution in [2.75, 3.05) is 12.5 Å². The van der Waals surface area contributed by atoms with E-state index in [0.29, 0.717) is 5.82 Å². The van der Waals surface area contributed by atoms with E-state index in [0.717, 1.165) is 33.8 Å². The fourth-order valence-corrected chi connectivity index (χ4v) is 2.09. The summed E-state index contributed by atoms with van der Waals surface area (Å²) in [7, 11) is 0. The van der Waals surface area contributed by atoms with Crippen LogP contribution in [0.25, 0.3) is 11.1 Å². The van der Waals surface area contributed by atoms with Gasteiger partial charge in [0.2, 0.25) is 6.79 Å². The molecule has 0 amide bonds. The largest absolute Gasteiger partial charge is 0.454 e. The molecule has 0 atom stereocenters. The van der Waals surface area contributed by atoms with Crippen LogP contribution in [-0.4, -0.2) is 17.0 Å². The van der Waals surface area contributed by atoms with Gasteiger partial charge in [-0.1, -0.05) is 0 Å². The monoisotopic (exact) mass is 231 g/mol. The maximum atomic E-state index is 5.85. The van der Waals surface area contributed by atoms with E-state index in [2.05, 4.69) is 10.2 Å². The molecule has 3 N–H and O–H groups in total. The zero-order valence-electron chi connectivity index (χ0n) is 9.70. The first kappa shape index (κ1) is 10.0. The average molecular weight is 231 g/mol. The van der Waals surface area contributed by atoms with Crippen molar-refractivity contribution in [2.45, 2.75) is 13.8 Å². The highest BCUT2D eigenvalue weighted by Gasteiger charge is 2.21. The first-order valence-corrected chi connectivity index (χ1v) is 5.37. The molecule has 0 bridgehead atoms. The standard InChI is InChI=1S/C12H13N3O2/c1-6-7(2)11-10(16-5-17-11)3-8(6)9-4-14-15-12(9)13/h3-4H,5H2,1-2H3,(H3,13,14,15). The van der Waals surface area contributed by atoms with Crippen LogP contribution in [0, 0.1) is 13.8 Å². The highest BCUT2D eigenvalue weighted by molar-refractivity contribution is 5.79. The SMILES string of the molecule is Cc1c(-c2cn[nH]c2N)cc2c(c1C)OCO2. The topological polar surface area (TPSA) is 73.2 Å². The quantitative estimate of drug-likeness (QED) is 0.787. The first-order valence-electron chi connectivity index (χ1n) is 5.37. The number of aromatic amines is 1. The van der Waals surface area contributed by atoms with Crippen molar-refractivity contribution < 1.29 is 9.47 Å². The Hall–Kier alpha value is -2.17. The zero-order valence-corrected chi connectivity index (χ0v) is 9.70. The number of H-pyrrole nitrogens is 1. The Morgan fingerprint density at radius 1 is 1.24 bits per heavy atom. The van der Waals surface area contributed by atoms with Gasteiger partial charge < -0.3 is 15.2 Å². The van der Waals surface area contributed by atoms with Gasteiger partial charge in [0.05, 0.1) is 6.20 Å². The van der Waals surface area contributed by atoms with E-state index in [-0.39, 0.29) is 6.79 Å². The number of hydrogen-bond acceptors (Lipinski definition) is 4. The van der Waals surface area contributed by atoms with Crippen LogP contribution >= 0.6 is 0 Å². The van der Waals surface area contributed by atoms with Crippen molar-refractivity contribution in [1.82, 2.24) is 10.2 Å². The van der Waals surface area contributed by atoms with Crippen LogP contribution in [0.1, 0.15) is 11.1 Å². The second-order valence-corrected chi connectivity index (χ2v) is 4.11. The lowest BCUT2D eigenvalue weighted by Crippen LogP contribution is -1.94. The molecule has 88 valence electrons. The van der Waals surface area contributed by atoms with Gasteiger partial charge in [0, 0.05) is 5.56 Å². The van der Waals surface area contributed by atoms with Crippen molar-refractivity contribution >= 4 is 5.82 Å². The molecule has 1 aromatic heterocycles. The predicted molar refractivity (Wildman–Crippen MR) is 64.0 cm³/mol. The van der Waals surface area contributed by atoms with E-state index in [9.17, 15) is 0 Å². The molecule has 0 fully saturated rings. The van der Waals surface area contributed by atoms with Gasteiger partial charge in [0.15, 0.2) is 11.5 Å². The lowest BCUT2D eigenvalue weighted by Gasteiger charge is -2.10. The van der Waals surface area contributed by atoms with Crippen LogP contribution in [0.2, 0.25) is 0 Å². The third-order valence-corrected chi connectivity index (χ3v) is 3.18. The minimum Gasteiger partial charge on any atom is -0.454 e. The highest BCUT2D eigenvalue weighted by atomic mass is 16.7. The van der Waals surface area contributed by atoms with E-state index in [1.807, 2.05) is 19.9 Å². The Kier molecular flexibility index (Phi) is 2.01. The van der Waals surface area contributed by atoms with Gasteiger partial charge in [-0.25, -0.2) is 0 Å². The van der Waals surface area contributed by atoms with Gasteiger partial charge in [-0.3, -0.25) is 5.10 Å². The number of aromatic nitrogens is 2. The fourth-order valence-electron chi connectivity index (χ4n) is 2.09. The number of nitrogen functional groups attached to an aromatic ring is 1. The predicted octanol–water partition coefficient (Wildman–Crippen LogP) is 2.00. The summed E-state index contributed by atoms with van der Waals surface area (Å²) in [5.74, 6) is 2.16. The maximum Gasteiger partial charge on any atom is 0.231 e. The molecule has 0 unspecified atom stereocenters. The van der Waals surface area contributed by atoms with Gasteiger partial charge in [-0.05, 0) is 36.6 Å². The lowest BCUT2D eigenvalue weighted by atomic mass is 9.97. The first-order chi connectivity index (χ1) is 8.18. The van der Waals surface area contributed by atoms with Crippen LogP contribution in [0.4, 0.5) is 5.82 Å². The molecule has 0 saturated carbocycles. The smallest absolute Gasteiger partial charge is 0.231 e. The molecule has 0 saturated heterocycles. The third-order valence-electron chi connectivity index (χ3n) is 3.18. The minimum atomic E-state index is 0.278. The van der Waals surface area contributed by atoms with Crippen molar-refractivity contribution in [3.63, 3.8) is 0 Å². The molecule has 17 heavy (non-hydrogen) atoms. The van der Waals surface area contributed by atoms with Crippen LogP contribution in [-0.2, 0) is 0 Å². The fraction of sp³-hybridized carbons (Fsp3) is 0.250. The summed E-state index contributed by atoms with van der Waals surface area (Å²) in [5.41, 5.74) is 9.97. The Bertz CT molecular complexity index is 590. The minimum absolute atomic E-state index is 0.278. The zero-order chi connectivity index (χ0) is 12.0. The van der Waals surface area contributed by atoms with Gasteiger partial charge in [0.1, 0.15) is 5.82 Å². The molecule has 3 rings (SSSR count). The number of nitrogens with two attached hydrogens (primary N) is 1. The lowest BCUT2D eigenvalue weighted by molar-refractivity contribution is 0.173. The molecule has 1 aliphatic rings. The molecule has 2 heterocycles. The molecule has 0 spiro atoms. The van der Waals surface area contributed by atoms with Gasteiger partial charge in [-0.2, -0.15) is 5.10 Å². The Balaban J connectivity index is 2.25. The molecule has 5 heteroatoms. The number of rotatable bonds is 1. The summed E-state index contributed by atoms with van der Waals surface area (Å²) in [6, 6.07) is 1.95. The molecule has 1 aliphatic heterocycles. The van der Waals surface area contributed by atoms with Crippen molar-refractivity contribution in [2.24, 2.45) is 0 Å². The Labute approximate surface area is 98.5 Å². The summed E-state index contributed by atoms with van der Waals surface area (Å²) in [6.45, 7) is 4.33. The summed E-state index contributed by atoms with van der Waals surface area (Å²) < 4.78 is 10.9. The molecular weight excluding hydrogens is 218 g/mol. The van der Waals surface area contributed by atoms with Crippen LogP contribution in [0.3, 0.4) is 0 Å². The van der Waals surface area contributed by atoms with Crippen molar-refractivity contribution in [3.8, 4) is 22.6 Å². The average Bonchev–Trinajstić information content (AvgIpc) is 2.92. The Morgan fingerprint density at radius 3 is 2.76 bits per heavy atom. The molecule has 0 aliphatic carbocycles. The van der Waals surface area contributed by atoms with E-state index in [1.54, 1.807) is 6.20 Å². The highest BCUT2D eigenvalue weighted by Crippen LogP contribution is 2.42. The van der Waals surface area contributed by atoms with E-state index >= 15 is 0 Å². The molecule has 0 radical (unpaired) electrons. The van der Waals surface area contributed by atoms with E-state index in [1.165, 1.54) is 0 Å². The molecular formula is C12H13N3O2. The second-order valence-electron chi connectivity index (χ2n) is 4.11. The van der Waals surface area contributed by atoms with E-state index in [4.69, 9.17) is 15.2 Å². The number of fused-ring (bicyclic) bond motifs is 1.